The number of nitrogens with zero attached hydrogens (tertiary/aromatic N) is 2. The molecule has 1 heterocycles. The van der Waals surface area contributed by atoms with Crippen molar-refractivity contribution in [1.29, 1.82) is 5.26 Å². The van der Waals surface area contributed by atoms with Crippen LogP contribution in [0.3, 0.4) is 0 Å². The number of anilines is 2. The van der Waals surface area contributed by atoms with Crippen molar-refractivity contribution in [1.82, 2.24) is 5.32 Å². The molecule has 2 aliphatic rings. The van der Waals surface area contributed by atoms with Crippen molar-refractivity contribution in [3.05, 3.63) is 113 Å². The number of hydrogen-bond acceptors (Lipinski definition) is 6. The summed E-state index contributed by atoms with van der Waals surface area (Å²) in [6.45, 7) is 3.99. The Labute approximate surface area is 239 Å². The number of carbonyl (C=O) groups excluding carboxylic acids is 2. The number of nitrogens with two attached hydrogens (primary N) is 1. The van der Waals surface area contributed by atoms with Crippen molar-refractivity contribution < 1.29 is 18.0 Å². The van der Waals surface area contributed by atoms with Crippen LogP contribution in [-0.4, -0.2) is 20.2 Å². The van der Waals surface area contributed by atoms with Gasteiger partial charge in [0.05, 0.1) is 22.5 Å². The van der Waals surface area contributed by atoms with Gasteiger partial charge in [0.1, 0.15) is 5.82 Å². The zero-order valence-electron chi connectivity index (χ0n) is 22.6. The molecule has 1 aliphatic heterocycles. The Morgan fingerprint density at radius 2 is 1.56 bits per heavy atom. The van der Waals surface area contributed by atoms with Gasteiger partial charge < -0.3 is 5.32 Å². The number of Topliss-reactive ketones (excluding diaryl/α,β-unsaturated/α-hetero) is 1. The average Bonchev–Trinajstić information content (AvgIpc) is 2.92. The number of rotatable bonds is 5. The summed E-state index contributed by atoms with van der Waals surface area (Å²) in [4.78, 5) is 28.7. The molecule has 0 aromatic heterocycles. The molecule has 3 aromatic rings. The summed E-state index contributed by atoms with van der Waals surface area (Å²) >= 11 is 0. The van der Waals surface area contributed by atoms with Crippen LogP contribution in [0.4, 0.5) is 16.2 Å². The van der Waals surface area contributed by atoms with Crippen molar-refractivity contribution in [3.8, 4) is 6.07 Å². The first-order valence-electron chi connectivity index (χ1n) is 13.0. The minimum atomic E-state index is -3.96. The van der Waals surface area contributed by atoms with Gasteiger partial charge in [-0.3, -0.25) is 15.0 Å². The molecule has 0 bridgehead atoms. The third-order valence-corrected chi connectivity index (χ3v) is 8.09. The first-order chi connectivity index (χ1) is 19.5. The van der Waals surface area contributed by atoms with Gasteiger partial charge in [-0.15, -0.1) is 0 Å². The van der Waals surface area contributed by atoms with Gasteiger partial charge in [-0.25, -0.2) is 18.4 Å². The molecule has 5 rings (SSSR count). The Kier molecular flexibility index (Phi) is 7.26. The van der Waals surface area contributed by atoms with Crippen LogP contribution in [0, 0.1) is 16.7 Å². The molecule has 1 aliphatic carbocycles. The molecule has 208 valence electrons. The maximum absolute atomic E-state index is 13.8. The van der Waals surface area contributed by atoms with E-state index in [4.69, 9.17) is 5.14 Å². The number of nitrogens with one attached hydrogen (secondary N) is 2. The number of ketones is 1. The highest BCUT2D eigenvalue weighted by molar-refractivity contribution is 7.89. The third-order valence-electron chi connectivity index (χ3n) is 7.16. The van der Waals surface area contributed by atoms with E-state index < -0.39 is 27.4 Å². The predicted octanol–water partition coefficient (Wildman–Crippen LogP) is 5.14. The van der Waals surface area contributed by atoms with Gasteiger partial charge in [0.25, 0.3) is 0 Å². The number of benzene rings is 3. The van der Waals surface area contributed by atoms with E-state index in [0.29, 0.717) is 35.5 Å². The summed E-state index contributed by atoms with van der Waals surface area (Å²) in [5.41, 5.74) is 2.66. The van der Waals surface area contributed by atoms with E-state index in [0.717, 1.165) is 5.56 Å². The van der Waals surface area contributed by atoms with E-state index in [-0.39, 0.29) is 22.1 Å². The van der Waals surface area contributed by atoms with Crippen molar-refractivity contribution in [2.75, 3.05) is 10.2 Å². The molecular formula is C31H29N5O4S. The van der Waals surface area contributed by atoms with Crippen LogP contribution in [0.25, 0.3) is 0 Å². The number of para-hydroxylation sites is 1. The van der Waals surface area contributed by atoms with Gasteiger partial charge in [-0.1, -0.05) is 62.4 Å². The summed E-state index contributed by atoms with van der Waals surface area (Å²) in [6, 6.07) is 25.6. The van der Waals surface area contributed by atoms with Gasteiger partial charge in [-0.2, -0.15) is 5.26 Å². The Balaban J connectivity index is 1.73. The van der Waals surface area contributed by atoms with Crippen LogP contribution in [0.1, 0.15) is 38.2 Å². The monoisotopic (exact) mass is 567 g/mol. The molecule has 9 nitrogen and oxygen atoms in total. The summed E-state index contributed by atoms with van der Waals surface area (Å²) in [5, 5.41) is 21.5. The van der Waals surface area contributed by atoms with Crippen LogP contribution in [-0.2, 0) is 14.8 Å². The number of allylic oxidation sites excluding steroid dienone is 3. The van der Waals surface area contributed by atoms with Crippen LogP contribution >= 0.6 is 0 Å². The maximum Gasteiger partial charge on any atom is 0.324 e. The van der Waals surface area contributed by atoms with Crippen LogP contribution in [0.2, 0.25) is 0 Å². The van der Waals surface area contributed by atoms with Gasteiger partial charge in [0, 0.05) is 29.1 Å². The van der Waals surface area contributed by atoms with Gasteiger partial charge in [0.15, 0.2) is 5.78 Å². The fourth-order valence-electron chi connectivity index (χ4n) is 5.45. The Hall–Kier alpha value is -4.72. The summed E-state index contributed by atoms with van der Waals surface area (Å²) in [7, 11) is -3.96. The van der Waals surface area contributed by atoms with E-state index in [2.05, 4.69) is 16.7 Å². The molecule has 0 radical (unpaired) electrons. The maximum atomic E-state index is 13.8. The number of urea groups is 1. The van der Waals surface area contributed by atoms with Crippen LogP contribution < -0.4 is 20.7 Å². The lowest BCUT2D eigenvalue weighted by molar-refractivity contribution is -0.118. The number of hydrogen-bond donors (Lipinski definition) is 3. The van der Waals surface area contributed by atoms with Crippen LogP contribution in [0.5, 0.6) is 0 Å². The number of nitriles is 1. The molecule has 0 saturated heterocycles. The molecule has 3 aromatic carbocycles. The predicted molar refractivity (Wildman–Crippen MR) is 156 cm³/mol. The largest absolute Gasteiger partial charge is 0.324 e. The first kappa shape index (κ1) is 27.8. The van der Waals surface area contributed by atoms with Crippen molar-refractivity contribution in [2.45, 2.75) is 37.5 Å². The first-order valence-corrected chi connectivity index (χ1v) is 14.5. The number of carbonyl (C=O) groups is 2. The number of sulfonamides is 1. The number of primary sulfonamides is 1. The standard InChI is InChI=1S/C31H29N5O4S/c1-31(2)17-25-28(26(37)18-31)27(20-9-5-3-6-10-20)24(19-32)29(35-30(38)34-21-11-7-4-8-12-21)36(25)22-13-15-23(16-14-22)41(33,39)40/h3-16,27H,17-18H2,1-2H3,(H2,33,39,40)(H2,34,35,38). The van der Waals surface area contributed by atoms with E-state index in [1.54, 1.807) is 41.3 Å². The average molecular weight is 568 g/mol. The topological polar surface area (TPSA) is 145 Å². The quantitative estimate of drug-likeness (QED) is 0.389. The highest BCUT2D eigenvalue weighted by Crippen LogP contribution is 2.50. The van der Waals surface area contributed by atoms with E-state index in [1.165, 1.54) is 12.1 Å². The van der Waals surface area contributed by atoms with Crippen LogP contribution in [0.15, 0.2) is 112 Å². The SMILES string of the molecule is CC1(C)CC(=O)C2=C(C1)N(c1ccc(S(N)(=O)=O)cc1)C(NC(=O)Nc1ccccc1)=C(C#N)C2c1ccccc1. The van der Waals surface area contributed by atoms with Crippen molar-refractivity contribution in [3.63, 3.8) is 0 Å². The minimum Gasteiger partial charge on any atom is -0.308 e. The molecule has 2 amide bonds. The molecule has 41 heavy (non-hydrogen) atoms. The molecule has 0 spiro atoms. The highest BCUT2D eigenvalue weighted by atomic mass is 32.2. The normalized spacial score (nSPS) is 18.4. The lowest BCUT2D eigenvalue weighted by atomic mass is 9.68. The summed E-state index contributed by atoms with van der Waals surface area (Å²) in [5.74, 6) is -0.606. The Morgan fingerprint density at radius 1 is 0.951 bits per heavy atom. The Bertz CT molecular complexity index is 1720. The second-order valence-electron chi connectivity index (χ2n) is 10.8. The van der Waals surface area contributed by atoms with Gasteiger partial charge in [-0.05, 0) is 53.8 Å². The lowest BCUT2D eigenvalue weighted by Gasteiger charge is -2.44. The van der Waals surface area contributed by atoms with E-state index in [1.807, 2.05) is 50.2 Å². The zero-order valence-corrected chi connectivity index (χ0v) is 23.4. The molecule has 10 heteroatoms. The third kappa shape index (κ3) is 5.63. The zero-order chi connectivity index (χ0) is 29.4. The fourth-order valence-corrected chi connectivity index (χ4v) is 5.96. The molecule has 0 saturated carbocycles. The molecule has 1 atom stereocenters. The smallest absolute Gasteiger partial charge is 0.308 e. The number of amides is 2. The van der Waals surface area contributed by atoms with E-state index in [9.17, 15) is 23.3 Å². The van der Waals surface area contributed by atoms with Crippen molar-refractivity contribution in [2.24, 2.45) is 10.6 Å². The van der Waals surface area contributed by atoms with E-state index >= 15 is 0 Å². The molecule has 0 fully saturated rings. The summed E-state index contributed by atoms with van der Waals surface area (Å²) in [6.07, 6.45) is 0.766. The molecule has 4 N–H and O–H groups in total. The molecule has 1 unspecified atom stereocenters. The lowest BCUT2D eigenvalue weighted by Crippen LogP contribution is -2.45. The van der Waals surface area contributed by atoms with Crippen molar-refractivity contribution >= 4 is 33.2 Å². The minimum absolute atomic E-state index is 0.0863. The fraction of sp³-hybridized carbons (Fsp3) is 0.194. The highest BCUT2D eigenvalue weighted by Gasteiger charge is 2.45. The second-order valence-corrected chi connectivity index (χ2v) is 12.4. The molecular weight excluding hydrogens is 538 g/mol. The van der Waals surface area contributed by atoms with Gasteiger partial charge in [0.2, 0.25) is 10.0 Å². The Morgan fingerprint density at radius 3 is 2.15 bits per heavy atom. The second kappa shape index (κ2) is 10.7. The van der Waals surface area contributed by atoms with Gasteiger partial charge >= 0.3 is 6.03 Å². The summed E-state index contributed by atoms with van der Waals surface area (Å²) < 4.78 is 23.9.